The fourth-order valence-corrected chi connectivity index (χ4v) is 2.87. The van der Waals surface area contributed by atoms with E-state index in [1.54, 1.807) is 6.07 Å². The number of fused-ring (bicyclic) bond motifs is 1. The van der Waals surface area contributed by atoms with Crippen LogP contribution in [-0.4, -0.2) is 27.6 Å². The second kappa shape index (κ2) is 5.50. The number of rotatable bonds is 3. The van der Waals surface area contributed by atoms with Gasteiger partial charge in [-0.15, -0.1) is 0 Å². The lowest BCUT2D eigenvalue weighted by molar-refractivity contribution is 0.556. The molecule has 0 unspecified atom stereocenters. The molecule has 3 rings (SSSR count). The van der Waals surface area contributed by atoms with Crippen LogP contribution < -0.4 is 10.2 Å². The van der Waals surface area contributed by atoms with Crippen molar-refractivity contribution in [2.75, 3.05) is 23.3 Å². The highest BCUT2D eigenvalue weighted by atomic mass is 35.5. The molecular formula is C13H15Cl2N5. The van der Waals surface area contributed by atoms with Crippen LogP contribution in [0.4, 0.5) is 11.6 Å². The molecule has 0 aromatic carbocycles. The number of nitrogens with one attached hydrogen (secondary N) is 1. The van der Waals surface area contributed by atoms with Crippen LogP contribution in [0.15, 0.2) is 18.5 Å². The van der Waals surface area contributed by atoms with Crippen molar-refractivity contribution in [2.45, 2.75) is 20.0 Å². The largest absolute Gasteiger partial charge is 0.369 e. The second-order valence-corrected chi connectivity index (χ2v) is 5.43. The number of halogens is 2. The standard InChI is InChI=1S/C13H15Cl2N5/c1-2-16-12-9(14)7-10(15)13(18-12)20-6-5-19-4-3-17-11(19)8-20/h3-4,7H,2,5-6,8H2,1H3,(H,16,18). The van der Waals surface area contributed by atoms with Gasteiger partial charge in [-0.2, -0.15) is 0 Å². The van der Waals surface area contributed by atoms with Crippen LogP contribution in [0.3, 0.4) is 0 Å². The summed E-state index contributed by atoms with van der Waals surface area (Å²) in [5.41, 5.74) is 0. The molecule has 106 valence electrons. The highest BCUT2D eigenvalue weighted by Gasteiger charge is 2.21. The summed E-state index contributed by atoms with van der Waals surface area (Å²) in [6.45, 7) is 5.20. The summed E-state index contributed by atoms with van der Waals surface area (Å²) < 4.78 is 2.14. The number of pyridine rings is 1. The van der Waals surface area contributed by atoms with Crippen molar-refractivity contribution in [1.29, 1.82) is 0 Å². The van der Waals surface area contributed by atoms with Crippen molar-refractivity contribution in [3.63, 3.8) is 0 Å². The molecule has 1 aliphatic rings. The first-order chi connectivity index (χ1) is 9.69. The molecule has 0 bridgehead atoms. The molecule has 0 spiro atoms. The molecule has 0 radical (unpaired) electrons. The maximum Gasteiger partial charge on any atom is 0.150 e. The molecule has 2 aromatic rings. The molecule has 1 N–H and O–H groups in total. The van der Waals surface area contributed by atoms with Gasteiger partial charge in [-0.3, -0.25) is 0 Å². The van der Waals surface area contributed by atoms with E-state index in [2.05, 4.69) is 24.8 Å². The number of imidazole rings is 1. The first kappa shape index (κ1) is 13.5. The van der Waals surface area contributed by atoms with Gasteiger partial charge in [0.1, 0.15) is 17.5 Å². The van der Waals surface area contributed by atoms with Crippen molar-refractivity contribution in [3.8, 4) is 0 Å². The van der Waals surface area contributed by atoms with E-state index in [0.29, 0.717) is 22.4 Å². The Hall–Kier alpha value is -1.46. The van der Waals surface area contributed by atoms with Gasteiger partial charge < -0.3 is 14.8 Å². The van der Waals surface area contributed by atoms with Crippen LogP contribution in [0.25, 0.3) is 0 Å². The summed E-state index contributed by atoms with van der Waals surface area (Å²) in [7, 11) is 0. The van der Waals surface area contributed by atoms with E-state index in [-0.39, 0.29) is 0 Å². The number of nitrogens with zero attached hydrogens (tertiary/aromatic N) is 4. The number of hydrogen-bond donors (Lipinski definition) is 1. The average Bonchev–Trinajstić information content (AvgIpc) is 2.89. The van der Waals surface area contributed by atoms with Gasteiger partial charge in [-0.05, 0) is 13.0 Å². The van der Waals surface area contributed by atoms with E-state index < -0.39 is 0 Å². The number of aromatic nitrogens is 3. The first-order valence-electron chi connectivity index (χ1n) is 6.54. The molecule has 0 atom stereocenters. The molecule has 7 heteroatoms. The maximum absolute atomic E-state index is 6.29. The first-order valence-corrected chi connectivity index (χ1v) is 7.29. The lowest BCUT2D eigenvalue weighted by Crippen LogP contribution is -2.34. The van der Waals surface area contributed by atoms with Crippen molar-refractivity contribution in [3.05, 3.63) is 34.3 Å². The highest BCUT2D eigenvalue weighted by Crippen LogP contribution is 2.32. The quantitative estimate of drug-likeness (QED) is 0.946. The summed E-state index contributed by atoms with van der Waals surface area (Å²) in [6, 6.07) is 1.74. The van der Waals surface area contributed by atoms with Crippen molar-refractivity contribution >= 4 is 34.8 Å². The van der Waals surface area contributed by atoms with Crippen LogP contribution in [0, 0.1) is 0 Å². The minimum atomic E-state index is 0.541. The lowest BCUT2D eigenvalue weighted by atomic mass is 10.3. The lowest BCUT2D eigenvalue weighted by Gasteiger charge is -2.29. The molecule has 0 saturated carbocycles. The Morgan fingerprint density at radius 3 is 2.95 bits per heavy atom. The van der Waals surface area contributed by atoms with Crippen LogP contribution in [-0.2, 0) is 13.1 Å². The third kappa shape index (κ3) is 2.43. The Labute approximate surface area is 127 Å². The summed E-state index contributed by atoms with van der Waals surface area (Å²) in [5, 5.41) is 4.25. The summed E-state index contributed by atoms with van der Waals surface area (Å²) in [4.78, 5) is 11.0. The second-order valence-electron chi connectivity index (χ2n) is 4.61. The Morgan fingerprint density at radius 1 is 1.30 bits per heavy atom. The van der Waals surface area contributed by atoms with Gasteiger partial charge in [0.25, 0.3) is 0 Å². The molecule has 0 amide bonds. The fourth-order valence-electron chi connectivity index (χ4n) is 2.32. The van der Waals surface area contributed by atoms with E-state index in [1.807, 2.05) is 19.3 Å². The van der Waals surface area contributed by atoms with Gasteiger partial charge in [0.2, 0.25) is 0 Å². The van der Waals surface area contributed by atoms with Gasteiger partial charge >= 0.3 is 0 Å². The van der Waals surface area contributed by atoms with E-state index in [1.165, 1.54) is 0 Å². The minimum Gasteiger partial charge on any atom is -0.369 e. The SMILES string of the molecule is CCNc1nc(N2CCn3ccnc3C2)c(Cl)cc1Cl. The van der Waals surface area contributed by atoms with Crippen molar-refractivity contribution in [2.24, 2.45) is 0 Å². The van der Waals surface area contributed by atoms with Crippen LogP contribution in [0.5, 0.6) is 0 Å². The molecule has 1 aliphatic heterocycles. The summed E-state index contributed by atoms with van der Waals surface area (Å²) in [6.07, 6.45) is 3.81. The van der Waals surface area contributed by atoms with E-state index in [0.717, 1.165) is 31.3 Å². The molecule has 2 aromatic heterocycles. The van der Waals surface area contributed by atoms with Crippen LogP contribution in [0.1, 0.15) is 12.7 Å². The number of hydrogen-bond acceptors (Lipinski definition) is 4. The van der Waals surface area contributed by atoms with Gasteiger partial charge in [0, 0.05) is 32.0 Å². The molecule has 20 heavy (non-hydrogen) atoms. The predicted molar refractivity (Wildman–Crippen MR) is 81.7 cm³/mol. The summed E-state index contributed by atoms with van der Waals surface area (Å²) in [5.74, 6) is 2.44. The Balaban J connectivity index is 1.92. The molecule has 0 saturated heterocycles. The zero-order valence-electron chi connectivity index (χ0n) is 11.1. The van der Waals surface area contributed by atoms with Gasteiger partial charge in [0.15, 0.2) is 0 Å². The molecule has 5 nitrogen and oxygen atoms in total. The fraction of sp³-hybridized carbons (Fsp3) is 0.385. The molecule has 0 fully saturated rings. The summed E-state index contributed by atoms with van der Waals surface area (Å²) >= 11 is 12.4. The highest BCUT2D eigenvalue weighted by molar-refractivity contribution is 6.37. The Morgan fingerprint density at radius 2 is 2.15 bits per heavy atom. The van der Waals surface area contributed by atoms with Crippen LogP contribution in [0.2, 0.25) is 10.0 Å². The average molecular weight is 312 g/mol. The third-order valence-corrected chi connectivity index (χ3v) is 3.87. The third-order valence-electron chi connectivity index (χ3n) is 3.30. The monoisotopic (exact) mass is 311 g/mol. The smallest absolute Gasteiger partial charge is 0.150 e. The van der Waals surface area contributed by atoms with Gasteiger partial charge in [-0.25, -0.2) is 9.97 Å². The van der Waals surface area contributed by atoms with Crippen LogP contribution >= 0.6 is 23.2 Å². The number of anilines is 2. The van der Waals surface area contributed by atoms with E-state index in [9.17, 15) is 0 Å². The normalized spacial score (nSPS) is 14.2. The minimum absolute atomic E-state index is 0.541. The maximum atomic E-state index is 6.29. The molecular weight excluding hydrogens is 297 g/mol. The zero-order chi connectivity index (χ0) is 14.1. The molecule has 0 aliphatic carbocycles. The van der Waals surface area contributed by atoms with Gasteiger partial charge in [-0.1, -0.05) is 23.2 Å². The predicted octanol–water partition coefficient (Wildman–Crippen LogP) is 3.04. The Kier molecular flexibility index (Phi) is 3.72. The Bertz CT molecular complexity index is 625. The zero-order valence-corrected chi connectivity index (χ0v) is 12.6. The van der Waals surface area contributed by atoms with E-state index in [4.69, 9.17) is 23.2 Å². The van der Waals surface area contributed by atoms with E-state index >= 15 is 0 Å². The topological polar surface area (TPSA) is 46.0 Å². The van der Waals surface area contributed by atoms with Crippen molar-refractivity contribution in [1.82, 2.24) is 14.5 Å². The molecule has 3 heterocycles. The van der Waals surface area contributed by atoms with Gasteiger partial charge in [0.05, 0.1) is 16.6 Å². The van der Waals surface area contributed by atoms with Crippen molar-refractivity contribution < 1.29 is 0 Å².